The maximum absolute atomic E-state index is 12.6. The van der Waals surface area contributed by atoms with E-state index in [1.165, 1.54) is 6.92 Å². The van der Waals surface area contributed by atoms with Crippen molar-refractivity contribution in [1.82, 2.24) is 4.98 Å². The second-order valence-corrected chi connectivity index (χ2v) is 5.15. The Morgan fingerprint density at radius 1 is 1.18 bits per heavy atom. The normalized spacial score (nSPS) is 11.4. The van der Waals surface area contributed by atoms with Gasteiger partial charge in [0.15, 0.2) is 0 Å². The minimum absolute atomic E-state index is 0.0120. The third-order valence-electron chi connectivity index (χ3n) is 3.04. The molecule has 1 aromatic carbocycles. The number of rotatable bonds is 2. The zero-order valence-electron chi connectivity index (χ0n) is 11.8. The minimum atomic E-state index is -4.53. The summed E-state index contributed by atoms with van der Waals surface area (Å²) >= 11 is 5.89. The largest absolute Gasteiger partial charge is 0.433 e. The van der Waals surface area contributed by atoms with E-state index >= 15 is 0 Å². The summed E-state index contributed by atoms with van der Waals surface area (Å²) in [5.41, 5.74) is 0.357. The molecule has 3 nitrogen and oxygen atoms in total. The van der Waals surface area contributed by atoms with Crippen LogP contribution in [0.2, 0.25) is 5.02 Å². The van der Waals surface area contributed by atoms with E-state index in [0.29, 0.717) is 10.7 Å². The Labute approximate surface area is 130 Å². The summed E-state index contributed by atoms with van der Waals surface area (Å²) in [6.07, 6.45) is -4.53. The van der Waals surface area contributed by atoms with Gasteiger partial charge in [0.05, 0.1) is 11.3 Å². The van der Waals surface area contributed by atoms with Crippen LogP contribution in [0.3, 0.4) is 0 Å². The van der Waals surface area contributed by atoms with Crippen molar-refractivity contribution in [3.05, 3.63) is 57.9 Å². The molecule has 0 fully saturated rings. The number of amides is 1. The monoisotopic (exact) mass is 328 g/mol. The molecule has 2 rings (SSSR count). The number of hydrogen-bond donors (Lipinski definition) is 1. The van der Waals surface area contributed by atoms with E-state index in [9.17, 15) is 18.0 Å². The molecule has 1 N–H and O–H groups in total. The number of benzene rings is 1. The van der Waals surface area contributed by atoms with Crippen molar-refractivity contribution in [2.75, 3.05) is 5.32 Å². The van der Waals surface area contributed by atoms with Gasteiger partial charge in [-0.15, -0.1) is 0 Å². The van der Waals surface area contributed by atoms with Crippen LogP contribution in [0.5, 0.6) is 0 Å². The van der Waals surface area contributed by atoms with Crippen LogP contribution >= 0.6 is 11.6 Å². The van der Waals surface area contributed by atoms with Gasteiger partial charge in [-0.25, -0.2) is 4.98 Å². The lowest BCUT2D eigenvalue weighted by atomic mass is 10.1. The van der Waals surface area contributed by atoms with Gasteiger partial charge in [0, 0.05) is 10.7 Å². The van der Waals surface area contributed by atoms with Crippen molar-refractivity contribution < 1.29 is 18.0 Å². The van der Waals surface area contributed by atoms with Crippen molar-refractivity contribution >= 4 is 23.2 Å². The van der Waals surface area contributed by atoms with Gasteiger partial charge in [0.1, 0.15) is 5.69 Å². The first-order valence-corrected chi connectivity index (χ1v) is 6.68. The third kappa shape index (κ3) is 3.57. The van der Waals surface area contributed by atoms with Crippen molar-refractivity contribution in [2.24, 2.45) is 0 Å². The fourth-order valence-electron chi connectivity index (χ4n) is 1.88. The average molecular weight is 329 g/mol. The Hall–Kier alpha value is -2.08. The summed E-state index contributed by atoms with van der Waals surface area (Å²) in [5, 5.41) is 3.17. The molecule has 0 atom stereocenters. The molecule has 0 spiro atoms. The number of halogens is 4. The van der Waals surface area contributed by atoms with E-state index < -0.39 is 17.8 Å². The highest BCUT2D eigenvalue weighted by Crippen LogP contribution is 2.28. The first-order chi connectivity index (χ1) is 10.2. The molecule has 2 aromatic rings. The molecule has 0 bridgehead atoms. The number of alkyl halides is 3. The molecule has 0 unspecified atom stereocenters. The van der Waals surface area contributed by atoms with Gasteiger partial charge in [-0.2, -0.15) is 13.2 Å². The van der Waals surface area contributed by atoms with Crippen LogP contribution < -0.4 is 5.32 Å². The number of nitrogens with one attached hydrogen (secondary N) is 1. The molecule has 1 amide bonds. The summed E-state index contributed by atoms with van der Waals surface area (Å²) in [5.74, 6) is -0.527. The predicted molar refractivity (Wildman–Crippen MR) is 78.1 cm³/mol. The molecule has 1 aromatic heterocycles. The number of carbonyl (C=O) groups excluding carboxylic acids is 1. The van der Waals surface area contributed by atoms with E-state index in [4.69, 9.17) is 11.6 Å². The van der Waals surface area contributed by atoms with Crippen LogP contribution in [-0.2, 0) is 6.18 Å². The molecule has 0 saturated heterocycles. The highest BCUT2D eigenvalue weighted by atomic mass is 35.5. The lowest BCUT2D eigenvalue weighted by Crippen LogP contribution is -2.16. The average Bonchev–Trinajstić information content (AvgIpc) is 2.41. The molecule has 1 heterocycles. The van der Waals surface area contributed by atoms with Gasteiger partial charge < -0.3 is 5.32 Å². The van der Waals surface area contributed by atoms with E-state index in [1.54, 1.807) is 25.1 Å². The smallest absolute Gasteiger partial charge is 0.322 e. The molecule has 0 saturated carbocycles. The van der Waals surface area contributed by atoms with E-state index in [0.717, 1.165) is 17.7 Å². The summed E-state index contributed by atoms with van der Waals surface area (Å²) < 4.78 is 37.7. The number of aromatic nitrogens is 1. The zero-order chi connectivity index (χ0) is 16.5. The third-order valence-corrected chi connectivity index (χ3v) is 3.46. The molecule has 116 valence electrons. The fraction of sp³-hybridized carbons (Fsp3) is 0.200. The number of carbonyl (C=O) groups is 1. The highest BCUT2D eigenvalue weighted by molar-refractivity contribution is 6.31. The van der Waals surface area contributed by atoms with E-state index in [-0.39, 0.29) is 11.3 Å². The lowest BCUT2D eigenvalue weighted by molar-refractivity contribution is -0.141. The number of hydrogen-bond acceptors (Lipinski definition) is 2. The number of nitrogens with zero attached hydrogens (tertiary/aromatic N) is 1. The number of aryl methyl sites for hydroxylation is 2. The predicted octanol–water partition coefficient (Wildman–Crippen LogP) is 4.62. The van der Waals surface area contributed by atoms with Gasteiger partial charge >= 0.3 is 6.18 Å². The van der Waals surface area contributed by atoms with E-state index in [2.05, 4.69) is 10.3 Å². The summed E-state index contributed by atoms with van der Waals surface area (Å²) in [6, 6.07) is 6.82. The van der Waals surface area contributed by atoms with Crippen molar-refractivity contribution in [3.63, 3.8) is 0 Å². The van der Waals surface area contributed by atoms with Crippen LogP contribution in [0.4, 0.5) is 18.9 Å². The first-order valence-electron chi connectivity index (χ1n) is 6.31. The molecule has 22 heavy (non-hydrogen) atoms. The first kappa shape index (κ1) is 16.3. The van der Waals surface area contributed by atoms with E-state index in [1.807, 2.05) is 0 Å². The lowest BCUT2D eigenvalue weighted by Gasteiger charge is -2.11. The van der Waals surface area contributed by atoms with Gasteiger partial charge in [0.2, 0.25) is 0 Å². The second-order valence-electron chi connectivity index (χ2n) is 4.75. The fourth-order valence-corrected chi connectivity index (χ4v) is 2.00. The Bertz CT molecular complexity index is 729. The molecule has 7 heteroatoms. The SMILES string of the molecule is Cc1cc(NC(=O)c2ccc(C(F)(F)F)nc2C)ccc1Cl. The van der Waals surface area contributed by atoms with Crippen molar-refractivity contribution in [1.29, 1.82) is 0 Å². The summed E-state index contributed by atoms with van der Waals surface area (Å²) in [4.78, 5) is 15.6. The topological polar surface area (TPSA) is 42.0 Å². The number of pyridine rings is 1. The molecular weight excluding hydrogens is 317 g/mol. The minimum Gasteiger partial charge on any atom is -0.322 e. The number of anilines is 1. The molecule has 0 radical (unpaired) electrons. The summed E-state index contributed by atoms with van der Waals surface area (Å²) in [7, 11) is 0. The quantitative estimate of drug-likeness (QED) is 0.873. The maximum atomic E-state index is 12.6. The Kier molecular flexibility index (Phi) is 4.42. The van der Waals surface area contributed by atoms with Crippen LogP contribution in [-0.4, -0.2) is 10.9 Å². The summed E-state index contributed by atoms with van der Waals surface area (Å²) in [6.45, 7) is 3.14. The van der Waals surface area contributed by atoms with Crippen LogP contribution in [0.1, 0.15) is 27.3 Å². The van der Waals surface area contributed by atoms with Gasteiger partial charge in [-0.05, 0) is 49.7 Å². The zero-order valence-corrected chi connectivity index (χ0v) is 12.5. The van der Waals surface area contributed by atoms with Gasteiger partial charge in [-0.1, -0.05) is 11.6 Å². The maximum Gasteiger partial charge on any atom is 0.433 e. The molecule has 0 aliphatic heterocycles. The Balaban J connectivity index is 2.24. The Morgan fingerprint density at radius 2 is 1.86 bits per heavy atom. The highest BCUT2D eigenvalue weighted by Gasteiger charge is 2.33. The van der Waals surface area contributed by atoms with Crippen LogP contribution in [0, 0.1) is 13.8 Å². The van der Waals surface area contributed by atoms with Crippen LogP contribution in [0.25, 0.3) is 0 Å². The van der Waals surface area contributed by atoms with Gasteiger partial charge in [0.25, 0.3) is 5.91 Å². The molecule has 0 aliphatic carbocycles. The molecular formula is C15H12ClF3N2O. The van der Waals surface area contributed by atoms with Crippen molar-refractivity contribution in [2.45, 2.75) is 20.0 Å². The van der Waals surface area contributed by atoms with Gasteiger partial charge in [-0.3, -0.25) is 4.79 Å². The van der Waals surface area contributed by atoms with Crippen LogP contribution in [0.15, 0.2) is 30.3 Å². The standard InChI is InChI=1S/C15H12ClF3N2O/c1-8-7-10(3-5-12(8)16)21-14(22)11-4-6-13(15(17,18)19)20-9(11)2/h3-7H,1-2H3,(H,21,22). The second kappa shape index (κ2) is 5.96. The van der Waals surface area contributed by atoms with Crippen molar-refractivity contribution in [3.8, 4) is 0 Å². The Morgan fingerprint density at radius 3 is 2.41 bits per heavy atom. The molecule has 0 aliphatic rings.